The van der Waals surface area contributed by atoms with Crippen molar-refractivity contribution in [2.24, 2.45) is 0 Å². The van der Waals surface area contributed by atoms with Crippen molar-refractivity contribution < 1.29 is 48.1 Å². The molecule has 0 saturated heterocycles. The van der Waals surface area contributed by atoms with Crippen LogP contribution in [0, 0.1) is 0 Å². The molecule has 0 radical (unpaired) electrons. The van der Waals surface area contributed by atoms with Crippen LogP contribution in [0.5, 0.6) is 0 Å². The molecule has 0 amide bonds. The van der Waals surface area contributed by atoms with Crippen molar-refractivity contribution >= 4 is 38.0 Å². The third-order valence-electron chi connectivity index (χ3n) is 0.962. The van der Waals surface area contributed by atoms with E-state index in [9.17, 15) is 0 Å². The second-order valence-corrected chi connectivity index (χ2v) is 2.80. The van der Waals surface area contributed by atoms with Gasteiger partial charge in [0.05, 0.1) is 0 Å². The molecule has 7 heteroatoms. The normalized spacial score (nSPS) is 5.22. The fourth-order valence-electron chi connectivity index (χ4n) is 0.423. The van der Waals surface area contributed by atoms with Crippen molar-refractivity contribution in [1.82, 2.24) is 0 Å². The smallest absolute Gasteiger partial charge is 0.282 e. The third kappa shape index (κ3) is 121. The van der Waals surface area contributed by atoms with Crippen LogP contribution in [0.2, 0.25) is 0 Å². The third-order valence-corrected chi connectivity index (χ3v) is 1.87. The molecular weight excluding hydrogens is 324 g/mol. The molecule has 0 spiro atoms. The van der Waals surface area contributed by atoms with E-state index in [2.05, 4.69) is 40.9 Å². The molecule has 0 aromatic rings. The molecule has 0 saturated carbocycles. The maximum atomic E-state index is 7.75. The number of methoxy groups -OCH3 is 1. The number of unbranched alkanes of at least 4 members (excludes halogenated alkanes) is 1. The Morgan fingerprint density at radius 1 is 0.889 bits per heavy atom. The van der Waals surface area contributed by atoms with Crippen molar-refractivity contribution in [2.75, 3.05) is 7.11 Å². The Hall–Kier alpha value is -1.13. The van der Waals surface area contributed by atoms with Crippen LogP contribution >= 0.6 is 0 Å². The summed E-state index contributed by atoms with van der Waals surface area (Å²) in [4.78, 5) is 38.8. The van der Waals surface area contributed by atoms with Gasteiger partial charge in [-0.2, -0.15) is 0 Å². The number of hydrogen-bond acceptors (Lipinski definition) is 6. The van der Waals surface area contributed by atoms with E-state index < -0.39 is 0 Å². The van der Waals surface area contributed by atoms with E-state index in [4.69, 9.17) is 28.7 Å². The van der Waals surface area contributed by atoms with Gasteiger partial charge in [-0.3, -0.25) is 33.9 Å². The zero-order valence-corrected chi connectivity index (χ0v) is 12.4. The van der Waals surface area contributed by atoms with E-state index in [1.807, 2.05) is 19.4 Å². The zero-order chi connectivity index (χ0) is 16.4. The van der Waals surface area contributed by atoms with Crippen LogP contribution in [0.25, 0.3) is 0 Å². The molecule has 0 rings (SSSR count). The van der Waals surface area contributed by atoms with E-state index in [1.165, 1.54) is 12.8 Å². The minimum Gasteiger partial charge on any atom is -0.545 e. The molecule has 0 aliphatic carbocycles. The molecule has 0 heterocycles. The standard InChI is InChI=1S/C6H12O.5CHO.Mo/c1-3-4-5-6-7-2;5*1-2;/h3-5H2,1-2H3;5*1H;/q;5*-1;. The summed E-state index contributed by atoms with van der Waals surface area (Å²) in [6, 6.07) is 0. The minimum absolute atomic E-state index is 1.12. The van der Waals surface area contributed by atoms with Crippen LogP contribution in [-0.2, 0) is 48.1 Å². The summed E-state index contributed by atoms with van der Waals surface area (Å²) in [5, 5.41) is 0. The van der Waals surface area contributed by atoms with E-state index in [-0.39, 0.29) is 0 Å². The quantitative estimate of drug-likeness (QED) is 0.410. The Labute approximate surface area is 119 Å². The van der Waals surface area contributed by atoms with Gasteiger partial charge in [0.1, 0.15) is 0 Å². The van der Waals surface area contributed by atoms with Gasteiger partial charge in [0.2, 0.25) is 0 Å². The van der Waals surface area contributed by atoms with Crippen LogP contribution in [0.4, 0.5) is 0 Å². The molecular formula is C11H17MoO6-5. The van der Waals surface area contributed by atoms with E-state index in [0.29, 0.717) is 0 Å². The van der Waals surface area contributed by atoms with Gasteiger partial charge in [0.15, 0.2) is 0 Å². The Bertz CT molecular complexity index is 123. The second-order valence-electron chi connectivity index (χ2n) is 1.68. The van der Waals surface area contributed by atoms with E-state index >= 15 is 0 Å². The fraction of sp³-hybridized carbons (Fsp3) is 0.455. The molecule has 0 aromatic heterocycles. The van der Waals surface area contributed by atoms with Gasteiger partial charge in [0, 0.05) is 0 Å². The summed E-state index contributed by atoms with van der Waals surface area (Å²) in [7, 11) is 1.73. The van der Waals surface area contributed by atoms with Gasteiger partial charge < -0.3 is 24.0 Å². The first-order valence-electron chi connectivity index (χ1n) is 4.06. The molecule has 0 aliphatic heterocycles. The van der Waals surface area contributed by atoms with Crippen LogP contribution in [0.3, 0.4) is 0 Å². The summed E-state index contributed by atoms with van der Waals surface area (Å²) in [6.07, 6.45) is 3.63. The predicted molar refractivity (Wildman–Crippen MR) is 65.3 cm³/mol. The Morgan fingerprint density at radius 3 is 1.33 bits per heavy atom. The minimum atomic E-state index is 1.12. The summed E-state index contributed by atoms with van der Waals surface area (Å²) in [6.45, 7) is 18.4. The Kier molecular flexibility index (Phi) is 203. The van der Waals surface area contributed by atoms with Gasteiger partial charge >= 0.3 is 61.5 Å². The molecule has 108 valence electrons. The first kappa shape index (κ1) is 36.0. The van der Waals surface area contributed by atoms with E-state index in [0.717, 1.165) is 10.5 Å². The van der Waals surface area contributed by atoms with Crippen LogP contribution < -0.4 is 0 Å². The summed E-state index contributed by atoms with van der Waals surface area (Å²) >= 11 is 1.96. The van der Waals surface area contributed by atoms with Gasteiger partial charge in [-0.25, -0.2) is 0 Å². The number of rotatable bonds is 4. The maximum absolute atomic E-state index is 7.75. The SMILES string of the molecule is CCCC[C](=[Mo])OC.[CH-]=O.[CH-]=O.[CH-]=O.[CH-]=O.[CH-]=O. The molecule has 18 heavy (non-hydrogen) atoms. The van der Waals surface area contributed by atoms with Crippen LogP contribution in [0.15, 0.2) is 0 Å². The monoisotopic (exact) mass is 343 g/mol. The van der Waals surface area contributed by atoms with Crippen molar-refractivity contribution in [3.63, 3.8) is 0 Å². The molecule has 0 atom stereocenters. The van der Waals surface area contributed by atoms with Crippen LogP contribution in [0.1, 0.15) is 26.2 Å². The number of carbonyl (C=O) groups excluding carboxylic acids is 5. The summed E-state index contributed by atoms with van der Waals surface area (Å²) < 4.78 is 6.13. The largest absolute Gasteiger partial charge is 0.545 e. The number of hydrogen-bond donors (Lipinski definition) is 0. The molecule has 0 aromatic carbocycles. The maximum Gasteiger partial charge on any atom is -0.282 e. The van der Waals surface area contributed by atoms with Crippen molar-refractivity contribution in [3.05, 3.63) is 0 Å². The number of ether oxygens (including phenoxy) is 1. The first-order valence-corrected chi connectivity index (χ1v) is 5.06. The Morgan fingerprint density at radius 2 is 1.17 bits per heavy atom. The molecule has 0 fully saturated rings. The summed E-state index contributed by atoms with van der Waals surface area (Å²) in [5.41, 5.74) is 0. The fourth-order valence-corrected chi connectivity index (χ4v) is 0.778. The topological polar surface area (TPSA) is 94.6 Å². The molecule has 6 nitrogen and oxygen atoms in total. The summed E-state index contributed by atoms with van der Waals surface area (Å²) in [5.74, 6) is 0. The van der Waals surface area contributed by atoms with Crippen molar-refractivity contribution in [1.29, 1.82) is 0 Å². The average molecular weight is 341 g/mol. The molecule has 0 N–H and O–H groups in total. The zero-order valence-electron chi connectivity index (χ0n) is 10.4. The van der Waals surface area contributed by atoms with Gasteiger partial charge in [-0.1, -0.05) is 0 Å². The van der Waals surface area contributed by atoms with Crippen molar-refractivity contribution in [3.8, 4) is 0 Å². The molecule has 0 aliphatic rings. The molecule has 0 unspecified atom stereocenters. The van der Waals surface area contributed by atoms with Gasteiger partial charge in [-0.15, -0.1) is 0 Å². The second kappa shape index (κ2) is 102. The Balaban J connectivity index is -0.0000000304. The van der Waals surface area contributed by atoms with Crippen LogP contribution in [-0.4, -0.2) is 45.1 Å². The molecule has 0 bridgehead atoms. The van der Waals surface area contributed by atoms with Gasteiger partial charge in [0.25, 0.3) is 0 Å². The van der Waals surface area contributed by atoms with Gasteiger partial charge in [-0.05, 0) is 0 Å². The first-order chi connectivity index (χ1) is 8.81. The van der Waals surface area contributed by atoms with E-state index in [1.54, 1.807) is 7.11 Å². The predicted octanol–water partition coefficient (Wildman–Crippen LogP) is 0.129. The van der Waals surface area contributed by atoms with Crippen molar-refractivity contribution in [2.45, 2.75) is 26.2 Å². The average Bonchev–Trinajstić information content (AvgIpc) is 2.54.